The highest BCUT2D eigenvalue weighted by Gasteiger charge is 2.21. The smallest absolute Gasteiger partial charge is 0.127 e. The lowest BCUT2D eigenvalue weighted by molar-refractivity contribution is 0.143. The monoisotopic (exact) mass is 294 g/mol. The van der Waals surface area contributed by atoms with E-state index in [4.69, 9.17) is 5.11 Å². The molecular weight excluding hydrogens is 267 g/mol. The summed E-state index contributed by atoms with van der Waals surface area (Å²) in [6.45, 7) is 3.44. The van der Waals surface area contributed by atoms with E-state index >= 15 is 0 Å². The zero-order valence-electron chi connectivity index (χ0n) is 12.9. The van der Waals surface area contributed by atoms with E-state index in [0.717, 1.165) is 38.0 Å². The minimum absolute atomic E-state index is 0.0596. The molecule has 0 saturated carbocycles. The van der Waals surface area contributed by atoms with Gasteiger partial charge in [0.15, 0.2) is 0 Å². The van der Waals surface area contributed by atoms with Gasteiger partial charge in [0.25, 0.3) is 0 Å². The van der Waals surface area contributed by atoms with Crippen LogP contribution in [0.3, 0.4) is 0 Å². The first-order chi connectivity index (χ1) is 10.2. The molecule has 0 radical (unpaired) electrons. The molecule has 1 aromatic carbocycles. The van der Waals surface area contributed by atoms with Crippen LogP contribution in [0.25, 0.3) is 0 Å². The number of piperidine rings is 1. The molecule has 0 aliphatic carbocycles. The number of nitrogens with zero attached hydrogens (tertiary/aromatic N) is 1. The quantitative estimate of drug-likeness (QED) is 0.811. The number of aliphatic hydroxyl groups excluding tert-OH is 1. The van der Waals surface area contributed by atoms with Crippen LogP contribution in [0.15, 0.2) is 24.3 Å². The van der Waals surface area contributed by atoms with E-state index in [9.17, 15) is 4.39 Å². The Morgan fingerprint density at radius 2 is 2.24 bits per heavy atom. The van der Waals surface area contributed by atoms with Crippen molar-refractivity contribution in [1.82, 2.24) is 10.2 Å². The molecule has 1 aromatic rings. The lowest BCUT2D eigenvalue weighted by Gasteiger charge is -2.33. The molecule has 2 N–H and O–H groups in total. The maximum absolute atomic E-state index is 13.9. The Bertz CT molecular complexity index is 425. The van der Waals surface area contributed by atoms with Gasteiger partial charge in [-0.05, 0) is 57.8 Å². The van der Waals surface area contributed by atoms with Crippen LogP contribution in [0.5, 0.6) is 0 Å². The van der Waals surface area contributed by atoms with Crippen LogP contribution in [0.4, 0.5) is 4.39 Å². The second-order valence-electron chi connectivity index (χ2n) is 5.97. The third-order valence-electron chi connectivity index (χ3n) is 4.50. The summed E-state index contributed by atoms with van der Waals surface area (Å²) in [6, 6.07) is 7.07. The maximum atomic E-state index is 13.9. The van der Waals surface area contributed by atoms with Crippen LogP contribution in [-0.2, 0) is 0 Å². The van der Waals surface area contributed by atoms with Crippen molar-refractivity contribution in [1.29, 1.82) is 0 Å². The molecule has 2 rings (SSSR count). The normalized spacial score (nSPS) is 21.4. The van der Waals surface area contributed by atoms with E-state index in [0.29, 0.717) is 5.92 Å². The Hall–Kier alpha value is -0.970. The summed E-state index contributed by atoms with van der Waals surface area (Å²) >= 11 is 0. The van der Waals surface area contributed by atoms with Gasteiger partial charge in [-0.25, -0.2) is 4.39 Å². The fourth-order valence-electron chi connectivity index (χ4n) is 3.30. The van der Waals surface area contributed by atoms with E-state index in [-0.39, 0.29) is 18.5 Å². The van der Waals surface area contributed by atoms with Crippen molar-refractivity contribution in [2.75, 3.05) is 33.3 Å². The van der Waals surface area contributed by atoms with E-state index < -0.39 is 0 Å². The molecule has 1 fully saturated rings. The topological polar surface area (TPSA) is 35.5 Å². The summed E-state index contributed by atoms with van der Waals surface area (Å²) in [5, 5.41) is 12.3. The lowest BCUT2D eigenvalue weighted by Crippen LogP contribution is -2.37. The molecule has 1 aliphatic rings. The number of aliphatic hydroxyl groups is 1. The van der Waals surface area contributed by atoms with Crippen LogP contribution in [0, 0.1) is 11.7 Å². The largest absolute Gasteiger partial charge is 0.396 e. The van der Waals surface area contributed by atoms with Gasteiger partial charge in [0.1, 0.15) is 5.82 Å². The highest BCUT2D eigenvalue weighted by atomic mass is 19.1. The van der Waals surface area contributed by atoms with E-state index in [1.807, 2.05) is 19.2 Å². The Morgan fingerprint density at radius 3 is 2.95 bits per heavy atom. The van der Waals surface area contributed by atoms with Gasteiger partial charge in [-0.1, -0.05) is 18.2 Å². The summed E-state index contributed by atoms with van der Waals surface area (Å²) in [6.07, 6.45) is 4.23. The third kappa shape index (κ3) is 4.77. The number of halogens is 1. The number of hydrogen-bond donors (Lipinski definition) is 2. The van der Waals surface area contributed by atoms with Crippen molar-refractivity contribution in [3.8, 4) is 0 Å². The summed E-state index contributed by atoms with van der Waals surface area (Å²) in [7, 11) is 1.89. The fraction of sp³-hybridized carbons (Fsp3) is 0.647. The predicted molar refractivity (Wildman–Crippen MR) is 83.7 cm³/mol. The second kappa shape index (κ2) is 8.47. The van der Waals surface area contributed by atoms with Crippen LogP contribution >= 0.6 is 0 Å². The Balaban J connectivity index is 1.87. The summed E-state index contributed by atoms with van der Waals surface area (Å²) in [5.74, 6) is 0.485. The van der Waals surface area contributed by atoms with Gasteiger partial charge in [0.05, 0.1) is 0 Å². The molecule has 1 heterocycles. The van der Waals surface area contributed by atoms with Gasteiger partial charge >= 0.3 is 0 Å². The van der Waals surface area contributed by atoms with Gasteiger partial charge in [-0.2, -0.15) is 0 Å². The van der Waals surface area contributed by atoms with Crippen molar-refractivity contribution in [2.24, 2.45) is 5.92 Å². The number of rotatable bonds is 7. The molecule has 3 nitrogen and oxygen atoms in total. The molecule has 0 aromatic heterocycles. The number of benzene rings is 1. The standard InChI is InChI=1S/C17H27FN2O/c1-19-17(15-6-2-3-7-16(15)18)8-11-20-10-4-5-14(13-20)9-12-21/h2-3,6-7,14,17,19,21H,4-5,8-13H2,1H3. The Labute approximate surface area is 127 Å². The molecule has 0 spiro atoms. The molecule has 0 amide bonds. The van der Waals surface area contributed by atoms with Crippen molar-refractivity contribution < 1.29 is 9.50 Å². The summed E-state index contributed by atoms with van der Waals surface area (Å²) < 4.78 is 13.9. The van der Waals surface area contributed by atoms with Crippen LogP contribution in [0.1, 0.15) is 37.3 Å². The van der Waals surface area contributed by atoms with E-state index in [1.165, 1.54) is 18.9 Å². The molecular formula is C17H27FN2O. The van der Waals surface area contributed by atoms with Crippen molar-refractivity contribution >= 4 is 0 Å². The van der Waals surface area contributed by atoms with Crippen LogP contribution in [-0.4, -0.2) is 43.3 Å². The third-order valence-corrected chi connectivity index (χ3v) is 4.50. The first kappa shape index (κ1) is 16.4. The molecule has 2 atom stereocenters. The van der Waals surface area contributed by atoms with E-state index in [1.54, 1.807) is 6.07 Å². The molecule has 118 valence electrons. The molecule has 4 heteroatoms. The van der Waals surface area contributed by atoms with E-state index in [2.05, 4.69) is 10.2 Å². The molecule has 21 heavy (non-hydrogen) atoms. The Morgan fingerprint density at radius 1 is 1.43 bits per heavy atom. The molecule has 0 bridgehead atoms. The second-order valence-corrected chi connectivity index (χ2v) is 5.97. The minimum Gasteiger partial charge on any atom is -0.396 e. The predicted octanol–water partition coefficient (Wildman–Crippen LogP) is 2.57. The average Bonchev–Trinajstić information content (AvgIpc) is 2.50. The van der Waals surface area contributed by atoms with Gasteiger partial charge in [-0.3, -0.25) is 0 Å². The highest BCUT2D eigenvalue weighted by molar-refractivity contribution is 5.21. The van der Waals surface area contributed by atoms with Crippen LogP contribution < -0.4 is 5.32 Å². The summed E-state index contributed by atoms with van der Waals surface area (Å²) in [4.78, 5) is 2.45. The Kier molecular flexibility index (Phi) is 6.61. The van der Waals surface area contributed by atoms with Crippen molar-refractivity contribution in [3.05, 3.63) is 35.6 Å². The van der Waals surface area contributed by atoms with Gasteiger partial charge in [-0.15, -0.1) is 0 Å². The fourth-order valence-corrected chi connectivity index (χ4v) is 3.30. The SMILES string of the molecule is CNC(CCN1CCCC(CCO)C1)c1ccccc1F. The van der Waals surface area contributed by atoms with Gasteiger partial charge < -0.3 is 15.3 Å². The van der Waals surface area contributed by atoms with Crippen molar-refractivity contribution in [3.63, 3.8) is 0 Å². The average molecular weight is 294 g/mol. The molecule has 1 aliphatic heterocycles. The summed E-state index contributed by atoms with van der Waals surface area (Å²) in [5.41, 5.74) is 0.754. The number of nitrogens with one attached hydrogen (secondary N) is 1. The first-order valence-electron chi connectivity index (χ1n) is 7.99. The van der Waals surface area contributed by atoms with Gasteiger partial charge in [0, 0.05) is 24.8 Å². The van der Waals surface area contributed by atoms with Gasteiger partial charge in [0.2, 0.25) is 0 Å². The molecule has 1 saturated heterocycles. The zero-order valence-corrected chi connectivity index (χ0v) is 12.9. The lowest BCUT2D eigenvalue weighted by atomic mass is 9.94. The zero-order chi connectivity index (χ0) is 15.1. The number of likely N-dealkylation sites (tertiary alicyclic amines) is 1. The molecule has 2 unspecified atom stereocenters. The van der Waals surface area contributed by atoms with Crippen molar-refractivity contribution in [2.45, 2.75) is 31.7 Å². The maximum Gasteiger partial charge on any atom is 0.127 e. The van der Waals surface area contributed by atoms with Crippen LogP contribution in [0.2, 0.25) is 0 Å². The minimum atomic E-state index is -0.131. The first-order valence-corrected chi connectivity index (χ1v) is 7.99. The highest BCUT2D eigenvalue weighted by Crippen LogP contribution is 2.23. The number of hydrogen-bond acceptors (Lipinski definition) is 3.